The molecule has 4 rings (SSSR count). The summed E-state index contributed by atoms with van der Waals surface area (Å²) in [5.41, 5.74) is 2.72. The molecule has 1 unspecified atom stereocenters. The van der Waals surface area contributed by atoms with E-state index in [4.69, 9.17) is 9.15 Å². The number of hydrogen-bond acceptors (Lipinski definition) is 6. The van der Waals surface area contributed by atoms with Gasteiger partial charge in [0.15, 0.2) is 0 Å². The first-order chi connectivity index (χ1) is 12.2. The van der Waals surface area contributed by atoms with E-state index >= 15 is 0 Å². The normalized spacial score (nSPS) is 15.8. The summed E-state index contributed by atoms with van der Waals surface area (Å²) in [6, 6.07) is 10.5. The fraction of sp³-hybridized carbons (Fsp3) is 0.368. The van der Waals surface area contributed by atoms with E-state index in [2.05, 4.69) is 40.2 Å². The summed E-state index contributed by atoms with van der Waals surface area (Å²) in [6.45, 7) is 6.68. The van der Waals surface area contributed by atoms with Crippen molar-refractivity contribution in [2.45, 2.75) is 32.9 Å². The minimum absolute atomic E-state index is 0.0881. The summed E-state index contributed by atoms with van der Waals surface area (Å²) in [5.74, 6) is 2.22. The molecular weight excluding hydrogens is 334 g/mol. The van der Waals surface area contributed by atoms with E-state index in [1.54, 1.807) is 11.3 Å². The quantitative estimate of drug-likeness (QED) is 0.682. The molecule has 1 aliphatic heterocycles. The minimum atomic E-state index is 0.0881. The molecule has 0 N–H and O–H groups in total. The van der Waals surface area contributed by atoms with E-state index in [-0.39, 0.29) is 6.04 Å². The van der Waals surface area contributed by atoms with Gasteiger partial charge < -0.3 is 9.15 Å². The molecule has 0 radical (unpaired) electrons. The van der Waals surface area contributed by atoms with Gasteiger partial charge in [-0.1, -0.05) is 12.1 Å². The summed E-state index contributed by atoms with van der Waals surface area (Å²) in [5, 5.41) is 10.5. The zero-order chi connectivity index (χ0) is 17.2. The van der Waals surface area contributed by atoms with Crippen LogP contribution in [0.15, 0.2) is 40.1 Å². The van der Waals surface area contributed by atoms with Crippen LogP contribution in [0.3, 0.4) is 0 Å². The van der Waals surface area contributed by atoms with E-state index in [9.17, 15) is 0 Å². The summed E-state index contributed by atoms with van der Waals surface area (Å²) in [6.07, 6.45) is 1.03. The van der Waals surface area contributed by atoms with Crippen molar-refractivity contribution in [3.8, 4) is 16.5 Å². The Hall–Kier alpha value is -2.18. The number of aromatic nitrogens is 2. The molecule has 3 aromatic rings. The van der Waals surface area contributed by atoms with Crippen molar-refractivity contribution in [3.05, 3.63) is 52.7 Å². The van der Waals surface area contributed by atoms with Gasteiger partial charge in [0.2, 0.25) is 5.89 Å². The Morgan fingerprint density at radius 1 is 1.28 bits per heavy atom. The molecule has 6 heteroatoms. The number of thiophene rings is 1. The molecule has 1 aromatic carbocycles. The highest BCUT2D eigenvalue weighted by Crippen LogP contribution is 2.31. The Labute approximate surface area is 151 Å². The van der Waals surface area contributed by atoms with Gasteiger partial charge in [-0.05, 0) is 55.0 Å². The van der Waals surface area contributed by atoms with E-state index in [0.29, 0.717) is 18.4 Å². The van der Waals surface area contributed by atoms with Gasteiger partial charge in [0.1, 0.15) is 5.75 Å². The molecule has 130 valence electrons. The molecule has 0 saturated carbocycles. The molecular formula is C19H21N3O2S. The predicted octanol–water partition coefficient (Wildman–Crippen LogP) is 4.32. The van der Waals surface area contributed by atoms with Crippen molar-refractivity contribution in [2.24, 2.45) is 0 Å². The smallest absolute Gasteiger partial charge is 0.257 e. The Balaban J connectivity index is 1.52. The minimum Gasteiger partial charge on any atom is -0.494 e. The predicted molar refractivity (Wildman–Crippen MR) is 97.8 cm³/mol. The first kappa shape index (κ1) is 16.3. The van der Waals surface area contributed by atoms with Crippen molar-refractivity contribution >= 4 is 11.3 Å². The fourth-order valence-electron chi connectivity index (χ4n) is 3.20. The van der Waals surface area contributed by atoms with Crippen LogP contribution in [-0.2, 0) is 13.0 Å². The van der Waals surface area contributed by atoms with Gasteiger partial charge >= 0.3 is 0 Å². The van der Waals surface area contributed by atoms with Gasteiger partial charge in [-0.3, -0.25) is 4.90 Å². The van der Waals surface area contributed by atoms with Crippen LogP contribution in [0.25, 0.3) is 10.8 Å². The highest BCUT2D eigenvalue weighted by atomic mass is 32.1. The van der Waals surface area contributed by atoms with Crippen LogP contribution in [0.4, 0.5) is 0 Å². The standard InChI is InChI=1S/C19H21N3O2S/c1-3-23-16-7-6-14-8-9-22(12-15(14)11-16)13(2)18-20-21-19(24-18)17-5-4-10-25-17/h4-7,10-11,13H,3,8-9,12H2,1-2H3. The summed E-state index contributed by atoms with van der Waals surface area (Å²) in [4.78, 5) is 3.39. The highest BCUT2D eigenvalue weighted by molar-refractivity contribution is 7.13. The van der Waals surface area contributed by atoms with Crippen molar-refractivity contribution in [1.29, 1.82) is 0 Å². The van der Waals surface area contributed by atoms with Crippen LogP contribution in [0.1, 0.15) is 36.9 Å². The van der Waals surface area contributed by atoms with Gasteiger partial charge in [0, 0.05) is 13.1 Å². The number of benzene rings is 1. The summed E-state index contributed by atoms with van der Waals surface area (Å²) >= 11 is 1.61. The van der Waals surface area contributed by atoms with Crippen LogP contribution >= 0.6 is 11.3 Å². The van der Waals surface area contributed by atoms with E-state index in [0.717, 1.165) is 30.1 Å². The van der Waals surface area contributed by atoms with Crippen molar-refractivity contribution in [2.75, 3.05) is 13.2 Å². The molecule has 0 bridgehead atoms. The highest BCUT2D eigenvalue weighted by Gasteiger charge is 2.26. The zero-order valence-electron chi connectivity index (χ0n) is 14.4. The third-order valence-corrected chi connectivity index (χ3v) is 5.47. The number of rotatable bonds is 5. The van der Waals surface area contributed by atoms with Gasteiger partial charge in [0.05, 0.1) is 17.5 Å². The van der Waals surface area contributed by atoms with E-state index in [1.807, 2.05) is 24.4 Å². The molecule has 0 spiro atoms. The molecule has 0 fully saturated rings. The molecule has 3 heterocycles. The van der Waals surface area contributed by atoms with Crippen molar-refractivity contribution < 1.29 is 9.15 Å². The molecule has 0 aliphatic carbocycles. The third kappa shape index (κ3) is 3.32. The lowest BCUT2D eigenvalue weighted by molar-refractivity contribution is 0.167. The molecule has 25 heavy (non-hydrogen) atoms. The lowest BCUT2D eigenvalue weighted by Gasteiger charge is -2.32. The summed E-state index contributed by atoms with van der Waals surface area (Å²) in [7, 11) is 0. The van der Waals surface area contributed by atoms with Gasteiger partial charge in [-0.15, -0.1) is 21.5 Å². The summed E-state index contributed by atoms with van der Waals surface area (Å²) < 4.78 is 11.6. The van der Waals surface area contributed by atoms with Crippen LogP contribution in [-0.4, -0.2) is 28.2 Å². The second kappa shape index (κ2) is 6.98. The van der Waals surface area contributed by atoms with E-state index < -0.39 is 0 Å². The van der Waals surface area contributed by atoms with Crippen LogP contribution in [0.5, 0.6) is 5.75 Å². The lowest BCUT2D eigenvalue weighted by Crippen LogP contribution is -2.33. The maximum Gasteiger partial charge on any atom is 0.257 e. The zero-order valence-corrected chi connectivity index (χ0v) is 15.3. The number of nitrogens with zero attached hydrogens (tertiary/aromatic N) is 3. The Morgan fingerprint density at radius 2 is 2.20 bits per heavy atom. The second-order valence-electron chi connectivity index (χ2n) is 6.18. The molecule has 5 nitrogen and oxygen atoms in total. The molecule has 1 aliphatic rings. The van der Waals surface area contributed by atoms with Gasteiger partial charge in [-0.2, -0.15) is 0 Å². The Kier molecular flexibility index (Phi) is 4.55. The topological polar surface area (TPSA) is 51.4 Å². The molecule has 1 atom stereocenters. The first-order valence-corrected chi connectivity index (χ1v) is 9.48. The van der Waals surface area contributed by atoms with Crippen molar-refractivity contribution in [1.82, 2.24) is 15.1 Å². The average molecular weight is 355 g/mol. The molecule has 2 aromatic heterocycles. The Bertz CT molecular complexity index is 844. The maximum absolute atomic E-state index is 5.92. The third-order valence-electron chi connectivity index (χ3n) is 4.61. The average Bonchev–Trinajstić information content (AvgIpc) is 3.32. The second-order valence-corrected chi connectivity index (χ2v) is 7.13. The lowest BCUT2D eigenvalue weighted by atomic mass is 9.98. The first-order valence-electron chi connectivity index (χ1n) is 8.60. The molecule has 0 saturated heterocycles. The monoisotopic (exact) mass is 355 g/mol. The Morgan fingerprint density at radius 3 is 3.00 bits per heavy atom. The van der Waals surface area contributed by atoms with Crippen LogP contribution in [0, 0.1) is 0 Å². The van der Waals surface area contributed by atoms with Crippen molar-refractivity contribution in [3.63, 3.8) is 0 Å². The number of ether oxygens (including phenoxy) is 1. The fourth-order valence-corrected chi connectivity index (χ4v) is 3.85. The van der Waals surface area contributed by atoms with Gasteiger partial charge in [-0.25, -0.2) is 0 Å². The SMILES string of the molecule is CCOc1ccc2c(c1)CN(C(C)c1nnc(-c3cccs3)o1)CC2. The van der Waals surface area contributed by atoms with Crippen LogP contribution < -0.4 is 4.74 Å². The maximum atomic E-state index is 5.92. The van der Waals surface area contributed by atoms with E-state index in [1.165, 1.54) is 11.1 Å². The van der Waals surface area contributed by atoms with Gasteiger partial charge in [0.25, 0.3) is 5.89 Å². The largest absolute Gasteiger partial charge is 0.494 e. The number of hydrogen-bond donors (Lipinski definition) is 0. The van der Waals surface area contributed by atoms with Crippen LogP contribution in [0.2, 0.25) is 0 Å². The number of fused-ring (bicyclic) bond motifs is 1. The molecule has 0 amide bonds.